The number of carbonyl (C=O) groups excluding carboxylic acids is 1. The summed E-state index contributed by atoms with van der Waals surface area (Å²) in [6.07, 6.45) is 6.54. The molecule has 0 aromatic carbocycles. The van der Waals surface area contributed by atoms with Crippen LogP contribution in [0.4, 0.5) is 0 Å². The number of hydrogen-bond acceptors (Lipinski definition) is 4. The van der Waals surface area contributed by atoms with Crippen LogP contribution in [-0.4, -0.2) is 64.8 Å². The third kappa shape index (κ3) is 4.06. The van der Waals surface area contributed by atoms with E-state index in [1.165, 1.54) is 12.8 Å². The Kier molecular flexibility index (Phi) is 5.49. The number of likely N-dealkylation sites (tertiary alicyclic amines) is 2. The maximum absolute atomic E-state index is 12.9. The van der Waals surface area contributed by atoms with Crippen LogP contribution in [-0.2, 0) is 18.4 Å². The highest BCUT2D eigenvalue weighted by atomic mass is 16.2. The quantitative estimate of drug-likeness (QED) is 0.878. The molecule has 140 valence electrons. The zero-order valence-electron chi connectivity index (χ0n) is 16.2. The van der Waals surface area contributed by atoms with E-state index in [0.29, 0.717) is 12.0 Å². The second-order valence-corrected chi connectivity index (χ2v) is 8.12. The summed E-state index contributed by atoms with van der Waals surface area (Å²) in [6, 6.07) is 0.0281. The van der Waals surface area contributed by atoms with E-state index in [9.17, 15) is 4.79 Å². The smallest absolute Gasteiger partial charge is 0.237 e. The zero-order valence-corrected chi connectivity index (χ0v) is 16.2. The van der Waals surface area contributed by atoms with Gasteiger partial charge in [-0.15, -0.1) is 0 Å². The van der Waals surface area contributed by atoms with Gasteiger partial charge in [0.1, 0.15) is 0 Å². The lowest BCUT2D eigenvalue weighted by molar-refractivity contribution is -0.125. The standard InChI is InChI=1S/C19H33N5O/c1-5-8-24-14-19(6-9-22(3)10-7-19)11-17(24)18(25)20-12-16-13-23(4)21-15(16)2/h13,17H,5-12,14H2,1-4H3,(H,20,25). The van der Waals surface area contributed by atoms with Crippen molar-refractivity contribution in [3.05, 3.63) is 17.5 Å². The maximum atomic E-state index is 12.9. The summed E-state index contributed by atoms with van der Waals surface area (Å²) in [5.41, 5.74) is 2.43. The lowest BCUT2D eigenvalue weighted by Crippen LogP contribution is -2.43. The van der Waals surface area contributed by atoms with Crippen molar-refractivity contribution in [2.75, 3.05) is 33.2 Å². The van der Waals surface area contributed by atoms with Gasteiger partial charge in [-0.1, -0.05) is 6.92 Å². The van der Waals surface area contributed by atoms with Crippen molar-refractivity contribution < 1.29 is 4.79 Å². The van der Waals surface area contributed by atoms with Crippen molar-refractivity contribution in [3.8, 4) is 0 Å². The molecule has 1 aromatic heterocycles. The highest BCUT2D eigenvalue weighted by molar-refractivity contribution is 5.82. The van der Waals surface area contributed by atoms with Crippen LogP contribution in [0.1, 0.15) is 43.9 Å². The van der Waals surface area contributed by atoms with Crippen LogP contribution >= 0.6 is 0 Å². The van der Waals surface area contributed by atoms with Crippen molar-refractivity contribution in [1.29, 1.82) is 0 Å². The highest BCUT2D eigenvalue weighted by Gasteiger charge is 2.47. The number of carbonyl (C=O) groups is 1. The predicted molar refractivity (Wildman–Crippen MR) is 99.2 cm³/mol. The van der Waals surface area contributed by atoms with Gasteiger partial charge in [-0.2, -0.15) is 5.10 Å². The first kappa shape index (κ1) is 18.4. The Morgan fingerprint density at radius 2 is 2.08 bits per heavy atom. The first-order chi connectivity index (χ1) is 11.9. The Morgan fingerprint density at radius 3 is 2.68 bits per heavy atom. The molecule has 0 saturated carbocycles. The number of nitrogens with zero attached hydrogens (tertiary/aromatic N) is 4. The van der Waals surface area contributed by atoms with Crippen LogP contribution in [0, 0.1) is 12.3 Å². The lowest BCUT2D eigenvalue weighted by atomic mass is 9.76. The van der Waals surface area contributed by atoms with E-state index in [4.69, 9.17) is 0 Å². The number of nitrogens with one attached hydrogen (secondary N) is 1. The number of hydrogen-bond donors (Lipinski definition) is 1. The van der Waals surface area contributed by atoms with Crippen molar-refractivity contribution in [3.63, 3.8) is 0 Å². The molecule has 3 heterocycles. The molecule has 1 N–H and O–H groups in total. The molecule has 2 aliphatic heterocycles. The molecule has 1 aromatic rings. The summed E-state index contributed by atoms with van der Waals surface area (Å²) in [5, 5.41) is 7.53. The summed E-state index contributed by atoms with van der Waals surface area (Å²) >= 11 is 0. The number of rotatable bonds is 5. The summed E-state index contributed by atoms with van der Waals surface area (Å²) in [4.78, 5) is 17.8. The lowest BCUT2D eigenvalue weighted by Gasteiger charge is -2.37. The SMILES string of the molecule is CCCN1CC2(CCN(C)CC2)CC1C(=O)NCc1cn(C)nc1C. The van der Waals surface area contributed by atoms with Crippen LogP contribution in [0.3, 0.4) is 0 Å². The van der Waals surface area contributed by atoms with Gasteiger partial charge >= 0.3 is 0 Å². The van der Waals surface area contributed by atoms with Gasteiger partial charge in [0.25, 0.3) is 0 Å². The Bertz CT molecular complexity index is 603. The van der Waals surface area contributed by atoms with Gasteiger partial charge in [0.2, 0.25) is 5.91 Å². The van der Waals surface area contributed by atoms with E-state index in [2.05, 4.69) is 34.2 Å². The second-order valence-electron chi connectivity index (χ2n) is 8.12. The molecule has 1 unspecified atom stereocenters. The molecular weight excluding hydrogens is 314 g/mol. The summed E-state index contributed by atoms with van der Waals surface area (Å²) in [6.45, 7) is 9.18. The zero-order chi connectivity index (χ0) is 18.0. The topological polar surface area (TPSA) is 53.4 Å². The van der Waals surface area contributed by atoms with E-state index in [1.807, 2.05) is 24.9 Å². The van der Waals surface area contributed by atoms with Crippen LogP contribution in [0.2, 0.25) is 0 Å². The molecule has 2 saturated heterocycles. The highest BCUT2D eigenvalue weighted by Crippen LogP contribution is 2.43. The average Bonchev–Trinajstić information content (AvgIpc) is 3.09. The fourth-order valence-electron chi connectivity index (χ4n) is 4.50. The van der Waals surface area contributed by atoms with Gasteiger partial charge in [-0.3, -0.25) is 14.4 Å². The van der Waals surface area contributed by atoms with Gasteiger partial charge < -0.3 is 10.2 Å². The minimum Gasteiger partial charge on any atom is -0.351 e. The maximum Gasteiger partial charge on any atom is 0.237 e. The molecule has 6 heteroatoms. The molecule has 2 fully saturated rings. The summed E-state index contributed by atoms with van der Waals surface area (Å²) in [5.74, 6) is 0.188. The summed E-state index contributed by atoms with van der Waals surface area (Å²) in [7, 11) is 4.12. The van der Waals surface area contributed by atoms with E-state index in [1.54, 1.807) is 0 Å². The molecule has 6 nitrogen and oxygen atoms in total. The molecule has 2 aliphatic rings. The average molecular weight is 348 g/mol. The minimum atomic E-state index is 0.0281. The van der Waals surface area contributed by atoms with Crippen molar-refractivity contribution in [2.24, 2.45) is 12.5 Å². The Morgan fingerprint density at radius 1 is 1.36 bits per heavy atom. The predicted octanol–water partition coefficient (Wildman–Crippen LogP) is 1.54. The minimum absolute atomic E-state index is 0.0281. The van der Waals surface area contributed by atoms with Gasteiger partial charge in [-0.05, 0) is 64.7 Å². The molecule has 0 radical (unpaired) electrons. The fourth-order valence-corrected chi connectivity index (χ4v) is 4.50. The molecule has 1 spiro atoms. The van der Waals surface area contributed by atoms with Gasteiger partial charge in [0.15, 0.2) is 0 Å². The first-order valence-electron chi connectivity index (χ1n) is 9.62. The van der Waals surface area contributed by atoms with Crippen LogP contribution in [0.25, 0.3) is 0 Å². The largest absolute Gasteiger partial charge is 0.351 e. The molecule has 25 heavy (non-hydrogen) atoms. The molecule has 3 rings (SSSR count). The Labute approximate surface area is 151 Å². The number of amides is 1. The van der Waals surface area contributed by atoms with E-state index in [0.717, 1.165) is 50.3 Å². The summed E-state index contributed by atoms with van der Waals surface area (Å²) < 4.78 is 1.81. The van der Waals surface area contributed by atoms with Gasteiger partial charge in [0.05, 0.1) is 11.7 Å². The second kappa shape index (κ2) is 7.46. The first-order valence-corrected chi connectivity index (χ1v) is 9.62. The Hall–Kier alpha value is -1.40. The number of aryl methyl sites for hydroxylation is 2. The van der Waals surface area contributed by atoms with E-state index in [-0.39, 0.29) is 11.9 Å². The number of aromatic nitrogens is 2. The molecule has 0 aliphatic carbocycles. The third-order valence-electron chi connectivity index (χ3n) is 6.04. The monoisotopic (exact) mass is 347 g/mol. The molecule has 1 amide bonds. The van der Waals surface area contributed by atoms with Gasteiger partial charge in [0, 0.05) is 31.9 Å². The normalized spacial score (nSPS) is 24.1. The fraction of sp³-hybridized carbons (Fsp3) is 0.789. The third-order valence-corrected chi connectivity index (χ3v) is 6.04. The van der Waals surface area contributed by atoms with E-state index < -0.39 is 0 Å². The van der Waals surface area contributed by atoms with Crippen molar-refractivity contribution in [1.82, 2.24) is 24.9 Å². The molecule has 1 atom stereocenters. The van der Waals surface area contributed by atoms with Gasteiger partial charge in [-0.25, -0.2) is 0 Å². The van der Waals surface area contributed by atoms with Crippen molar-refractivity contribution >= 4 is 5.91 Å². The molecular formula is C19H33N5O. The van der Waals surface area contributed by atoms with Crippen LogP contribution < -0.4 is 5.32 Å². The van der Waals surface area contributed by atoms with Crippen LogP contribution in [0.15, 0.2) is 6.20 Å². The molecule has 0 bridgehead atoms. The number of piperidine rings is 1. The Balaban J connectivity index is 1.64. The van der Waals surface area contributed by atoms with Crippen LogP contribution in [0.5, 0.6) is 0 Å². The van der Waals surface area contributed by atoms with Crippen molar-refractivity contribution in [2.45, 2.75) is 52.1 Å². The van der Waals surface area contributed by atoms with E-state index >= 15 is 0 Å².